The number of hydrogen-bond donors (Lipinski definition) is 0. The summed E-state index contributed by atoms with van der Waals surface area (Å²) in [7, 11) is 1.72. The summed E-state index contributed by atoms with van der Waals surface area (Å²) in [4.78, 5) is 12.6. The summed E-state index contributed by atoms with van der Waals surface area (Å²) >= 11 is 0. The van der Waals surface area contributed by atoms with Crippen molar-refractivity contribution in [2.75, 3.05) is 20.3 Å². The zero-order valence-corrected chi connectivity index (χ0v) is 17.2. The first-order chi connectivity index (χ1) is 13.5. The van der Waals surface area contributed by atoms with Gasteiger partial charge in [-0.15, -0.1) is 11.8 Å². The third-order valence-corrected chi connectivity index (χ3v) is 6.26. The lowest BCUT2D eigenvalue weighted by Crippen LogP contribution is -2.46. The van der Waals surface area contributed by atoms with Crippen LogP contribution < -0.4 is 0 Å². The average molecular weight is 377 g/mol. The lowest BCUT2D eigenvalue weighted by molar-refractivity contribution is -0.298. The van der Waals surface area contributed by atoms with Gasteiger partial charge in [0.1, 0.15) is 0 Å². The van der Waals surface area contributed by atoms with Gasteiger partial charge in [-0.25, -0.2) is 0 Å². The normalized spacial score (nSPS) is 36.6. The van der Waals surface area contributed by atoms with E-state index in [-0.39, 0.29) is 23.2 Å². The molecule has 0 bridgehead atoms. The van der Waals surface area contributed by atoms with Crippen molar-refractivity contribution in [3.8, 4) is 11.8 Å². The molecule has 1 unspecified atom stereocenters. The molecule has 27 heavy (non-hydrogen) atoms. The third kappa shape index (κ3) is 4.47. The average Bonchev–Trinajstić information content (AvgIpc) is 3.16. The lowest BCUT2D eigenvalue weighted by Gasteiger charge is -2.42. The van der Waals surface area contributed by atoms with E-state index in [2.05, 4.69) is 25.7 Å². The number of methoxy groups -OCH3 is 1. The van der Waals surface area contributed by atoms with E-state index in [4.69, 9.17) is 17.0 Å². The number of allylic oxidation sites excluding steroid dienone is 1. The molecule has 1 spiro atoms. The van der Waals surface area contributed by atoms with Crippen molar-refractivity contribution in [1.29, 1.82) is 0 Å². The Morgan fingerprint density at radius 1 is 1.37 bits per heavy atom. The maximum atomic E-state index is 12.6. The van der Waals surface area contributed by atoms with Gasteiger partial charge in [-0.1, -0.05) is 26.8 Å². The second-order valence-electron chi connectivity index (χ2n) is 9.07. The van der Waals surface area contributed by atoms with E-state index in [0.717, 1.165) is 19.3 Å². The minimum absolute atomic E-state index is 0.0419. The van der Waals surface area contributed by atoms with Crippen molar-refractivity contribution in [1.82, 2.24) is 0 Å². The number of ketones is 1. The maximum Gasteiger partial charge on any atom is 0.168 e. The molecule has 1 aliphatic heterocycles. The molecule has 0 amide bonds. The highest BCUT2D eigenvalue weighted by Crippen LogP contribution is 2.55. The summed E-state index contributed by atoms with van der Waals surface area (Å²) < 4.78 is 34.1. The van der Waals surface area contributed by atoms with Crippen LogP contribution in [-0.2, 0) is 19.0 Å². The van der Waals surface area contributed by atoms with Gasteiger partial charge in [0.25, 0.3) is 0 Å². The molecule has 1 saturated heterocycles. The molecule has 0 N–H and O–H groups in total. The number of ether oxygens (including phenoxy) is 3. The van der Waals surface area contributed by atoms with Crippen molar-refractivity contribution in [3.05, 3.63) is 12.2 Å². The van der Waals surface area contributed by atoms with Crippen LogP contribution in [0.25, 0.3) is 0 Å². The van der Waals surface area contributed by atoms with Crippen LogP contribution in [0.3, 0.4) is 0 Å². The van der Waals surface area contributed by atoms with Crippen molar-refractivity contribution in [3.63, 3.8) is 0 Å². The Morgan fingerprint density at radius 3 is 2.70 bits per heavy atom. The number of fused-ring (bicyclic) bond motifs is 1. The number of hydrogen-bond acceptors (Lipinski definition) is 4. The topological polar surface area (TPSA) is 44.8 Å². The van der Waals surface area contributed by atoms with Crippen LogP contribution in [-0.4, -0.2) is 38.0 Å². The van der Waals surface area contributed by atoms with E-state index in [1.54, 1.807) is 21.0 Å². The smallest absolute Gasteiger partial charge is 0.168 e. The molecule has 2 saturated carbocycles. The highest BCUT2D eigenvalue weighted by atomic mass is 16.7. The van der Waals surface area contributed by atoms with Crippen LogP contribution in [0.2, 0.25) is 0 Å². The largest absolute Gasteiger partial charge is 0.381 e. The van der Waals surface area contributed by atoms with Crippen LogP contribution >= 0.6 is 0 Å². The molecule has 4 nitrogen and oxygen atoms in total. The van der Waals surface area contributed by atoms with E-state index in [1.807, 2.05) is 6.08 Å². The second kappa shape index (κ2) is 8.07. The first kappa shape index (κ1) is 17.9. The zero-order chi connectivity index (χ0) is 21.4. The van der Waals surface area contributed by atoms with Crippen LogP contribution in [0.4, 0.5) is 0 Å². The quantitative estimate of drug-likeness (QED) is 0.538. The molecule has 1 heterocycles. The van der Waals surface area contributed by atoms with Gasteiger partial charge in [-0.05, 0) is 31.3 Å². The molecule has 3 rings (SSSR count). The zero-order valence-electron chi connectivity index (χ0n) is 19.2. The third-order valence-electron chi connectivity index (χ3n) is 6.26. The van der Waals surface area contributed by atoms with Gasteiger partial charge in [-0.2, -0.15) is 0 Å². The fraction of sp³-hybridized carbons (Fsp3) is 0.783. The van der Waals surface area contributed by atoms with Crippen molar-refractivity contribution in [2.24, 2.45) is 29.1 Å². The molecule has 3 aliphatic rings. The van der Waals surface area contributed by atoms with Crippen molar-refractivity contribution < 1.29 is 21.7 Å². The maximum absolute atomic E-state index is 12.6. The standard InChI is InChI=1S/C23H34O4/c1-6-7-8-16(2)20(24)10-9-18-19-13-23(12-17(19)11-21(18)25-5)26-14-22(3,4)15-27-23/h9-10,16-19,21H,8,11-15H2,1-5H3/b10-9+/t16?,17-,18-,19+,21-/m1/s1/i8D2. The summed E-state index contributed by atoms with van der Waals surface area (Å²) in [6.45, 7) is 8.87. The van der Waals surface area contributed by atoms with Crippen LogP contribution in [0, 0.1) is 40.9 Å². The van der Waals surface area contributed by atoms with Gasteiger partial charge < -0.3 is 14.2 Å². The minimum atomic E-state index is -1.83. The molecule has 2 aliphatic carbocycles. The van der Waals surface area contributed by atoms with Gasteiger partial charge in [0.2, 0.25) is 0 Å². The Bertz CT molecular complexity index is 708. The molecule has 150 valence electrons. The van der Waals surface area contributed by atoms with Crippen LogP contribution in [0.1, 0.15) is 56.1 Å². The Balaban J connectivity index is 1.70. The molecule has 0 aromatic heterocycles. The number of rotatable bonds is 5. The Kier molecular flexibility index (Phi) is 5.36. The van der Waals surface area contributed by atoms with E-state index < -0.39 is 18.1 Å². The van der Waals surface area contributed by atoms with Crippen LogP contribution in [0.5, 0.6) is 0 Å². The Morgan fingerprint density at radius 2 is 2.07 bits per heavy atom. The molecule has 4 heteroatoms. The molecular formula is C23H34O4. The summed E-state index contributed by atoms with van der Waals surface area (Å²) in [5.41, 5.74) is 0.0419. The first-order valence-electron chi connectivity index (χ1n) is 11.0. The van der Waals surface area contributed by atoms with Crippen molar-refractivity contribution in [2.45, 2.75) is 65.2 Å². The Hall–Kier alpha value is -1.15. The van der Waals surface area contributed by atoms with Gasteiger partial charge in [0.15, 0.2) is 11.6 Å². The fourth-order valence-electron chi connectivity index (χ4n) is 4.69. The van der Waals surface area contributed by atoms with E-state index in [9.17, 15) is 4.79 Å². The van der Waals surface area contributed by atoms with E-state index in [0.29, 0.717) is 25.0 Å². The van der Waals surface area contributed by atoms with Crippen molar-refractivity contribution >= 4 is 5.78 Å². The van der Waals surface area contributed by atoms with Gasteiger partial charge in [-0.3, -0.25) is 4.79 Å². The molecule has 5 atom stereocenters. The second-order valence-corrected chi connectivity index (χ2v) is 9.07. The SMILES string of the molecule is [2H]C([2H])(C#CC)C(C)C(=O)/C=C/[C@@H]1[C@H]2CC3(C[C@H]2C[C@H]1OC)OCC(C)(C)CO3. The monoisotopic (exact) mass is 376 g/mol. The van der Waals surface area contributed by atoms with Gasteiger partial charge in [0.05, 0.1) is 19.3 Å². The molecular weight excluding hydrogens is 340 g/mol. The lowest BCUT2D eigenvalue weighted by atomic mass is 9.89. The molecule has 0 radical (unpaired) electrons. The van der Waals surface area contributed by atoms with E-state index >= 15 is 0 Å². The highest BCUT2D eigenvalue weighted by Gasteiger charge is 2.56. The first-order valence-corrected chi connectivity index (χ1v) is 9.99. The highest BCUT2D eigenvalue weighted by molar-refractivity contribution is 5.91. The predicted octanol–water partition coefficient (Wildman–Crippen LogP) is 3.99. The van der Waals surface area contributed by atoms with E-state index in [1.165, 1.54) is 6.08 Å². The van der Waals surface area contributed by atoms with Gasteiger partial charge >= 0.3 is 0 Å². The van der Waals surface area contributed by atoms with Crippen LogP contribution in [0.15, 0.2) is 12.2 Å². The molecule has 0 aromatic carbocycles. The Labute approximate surface area is 166 Å². The summed E-state index contributed by atoms with van der Waals surface area (Å²) in [5, 5.41) is 0. The minimum Gasteiger partial charge on any atom is -0.381 e. The molecule has 3 fully saturated rings. The fourth-order valence-corrected chi connectivity index (χ4v) is 4.69. The van der Waals surface area contributed by atoms with Gasteiger partial charge in [0, 0.05) is 46.3 Å². The predicted molar refractivity (Wildman–Crippen MR) is 105 cm³/mol. The summed E-state index contributed by atoms with van der Waals surface area (Å²) in [6, 6.07) is 0. The summed E-state index contributed by atoms with van der Waals surface area (Å²) in [6.07, 6.45) is 4.32. The number of carbonyl (C=O) groups excluding carboxylic acids is 1. The summed E-state index contributed by atoms with van der Waals surface area (Å²) in [5.74, 6) is 4.42. The number of carbonyl (C=O) groups is 1. The molecule has 0 aromatic rings.